The summed E-state index contributed by atoms with van der Waals surface area (Å²) in [6.07, 6.45) is 0. The molecule has 0 saturated heterocycles. The zero-order valence-electron chi connectivity index (χ0n) is 11.0. The predicted molar refractivity (Wildman–Crippen MR) is 77.8 cm³/mol. The van der Waals surface area contributed by atoms with E-state index in [1.807, 2.05) is 25.6 Å². The van der Waals surface area contributed by atoms with E-state index in [9.17, 15) is 0 Å². The van der Waals surface area contributed by atoms with Crippen LogP contribution in [0.1, 0.15) is 35.1 Å². The van der Waals surface area contributed by atoms with Crippen LogP contribution in [-0.2, 0) is 13.6 Å². The maximum Gasteiger partial charge on any atom is 0.110 e. The summed E-state index contributed by atoms with van der Waals surface area (Å²) in [7, 11) is 1.97. The molecule has 2 heterocycles. The van der Waals surface area contributed by atoms with Crippen molar-refractivity contribution in [3.8, 4) is 0 Å². The molecule has 1 N–H and O–H groups in total. The molecule has 1 unspecified atom stereocenters. The molecular formula is C12H17BrN4S. The van der Waals surface area contributed by atoms with Gasteiger partial charge in [0.25, 0.3) is 0 Å². The van der Waals surface area contributed by atoms with Crippen molar-refractivity contribution in [2.24, 2.45) is 7.05 Å². The van der Waals surface area contributed by atoms with Crippen molar-refractivity contribution < 1.29 is 0 Å². The van der Waals surface area contributed by atoms with Crippen molar-refractivity contribution >= 4 is 27.3 Å². The normalized spacial score (nSPS) is 12.9. The molecule has 0 amide bonds. The number of hydrogen-bond acceptors (Lipinski definition) is 4. The lowest BCUT2D eigenvalue weighted by Gasteiger charge is -2.11. The van der Waals surface area contributed by atoms with E-state index >= 15 is 0 Å². The van der Waals surface area contributed by atoms with Gasteiger partial charge in [-0.2, -0.15) is 5.10 Å². The molecule has 0 radical (unpaired) electrons. The van der Waals surface area contributed by atoms with Crippen LogP contribution in [0.4, 0.5) is 0 Å². The molecular weight excluding hydrogens is 312 g/mol. The molecule has 0 fully saturated rings. The minimum absolute atomic E-state index is 0.255. The number of nitrogens with zero attached hydrogens (tertiary/aromatic N) is 3. The Labute approximate surface area is 120 Å². The lowest BCUT2D eigenvalue weighted by Crippen LogP contribution is -2.20. The number of hydrogen-bond donors (Lipinski definition) is 1. The highest BCUT2D eigenvalue weighted by Crippen LogP contribution is 2.22. The predicted octanol–water partition coefficient (Wildman–Crippen LogP) is 3.11. The molecule has 0 aliphatic rings. The van der Waals surface area contributed by atoms with Crippen molar-refractivity contribution in [1.29, 1.82) is 0 Å². The van der Waals surface area contributed by atoms with Crippen LogP contribution in [0, 0.1) is 13.8 Å². The Morgan fingerprint density at radius 1 is 1.50 bits per heavy atom. The molecule has 0 bridgehead atoms. The quantitative estimate of drug-likeness (QED) is 0.937. The van der Waals surface area contributed by atoms with E-state index in [2.05, 4.69) is 43.6 Å². The Kier molecular flexibility index (Phi) is 4.19. The lowest BCUT2D eigenvalue weighted by atomic mass is 10.3. The van der Waals surface area contributed by atoms with Crippen molar-refractivity contribution in [2.75, 3.05) is 0 Å². The Bertz CT molecular complexity index is 546. The molecule has 2 aromatic rings. The molecule has 0 aromatic carbocycles. The van der Waals surface area contributed by atoms with Gasteiger partial charge in [-0.05, 0) is 36.7 Å². The van der Waals surface area contributed by atoms with Crippen LogP contribution in [0.2, 0.25) is 0 Å². The highest BCUT2D eigenvalue weighted by atomic mass is 79.9. The van der Waals surface area contributed by atoms with Gasteiger partial charge in [-0.3, -0.25) is 4.68 Å². The maximum absolute atomic E-state index is 4.49. The van der Waals surface area contributed by atoms with E-state index < -0.39 is 0 Å². The summed E-state index contributed by atoms with van der Waals surface area (Å²) in [5.41, 5.74) is 3.26. The topological polar surface area (TPSA) is 42.7 Å². The second-order valence-electron chi connectivity index (χ2n) is 4.40. The molecule has 18 heavy (non-hydrogen) atoms. The SMILES string of the molecule is Cc1csc(C(C)NCc2c(Br)c(C)nn2C)n1. The molecule has 98 valence electrons. The highest BCUT2D eigenvalue weighted by Gasteiger charge is 2.13. The van der Waals surface area contributed by atoms with Crippen molar-refractivity contribution in [1.82, 2.24) is 20.1 Å². The third-order valence-electron chi connectivity index (χ3n) is 2.84. The first kappa shape index (κ1) is 13.7. The largest absolute Gasteiger partial charge is 0.302 e. The van der Waals surface area contributed by atoms with Crippen molar-refractivity contribution in [3.63, 3.8) is 0 Å². The fraction of sp³-hybridized carbons (Fsp3) is 0.500. The number of halogens is 1. The van der Waals surface area contributed by atoms with Gasteiger partial charge < -0.3 is 5.32 Å². The standard InChI is InChI=1S/C12H17BrN4S/c1-7-6-18-12(15-7)9(3)14-5-10-11(13)8(2)16-17(10)4/h6,9,14H,5H2,1-4H3. The molecule has 0 aliphatic heterocycles. The minimum Gasteiger partial charge on any atom is -0.302 e. The minimum atomic E-state index is 0.255. The Morgan fingerprint density at radius 3 is 2.72 bits per heavy atom. The monoisotopic (exact) mass is 328 g/mol. The first-order valence-corrected chi connectivity index (χ1v) is 7.49. The zero-order valence-corrected chi connectivity index (χ0v) is 13.4. The van der Waals surface area contributed by atoms with E-state index in [-0.39, 0.29) is 6.04 Å². The van der Waals surface area contributed by atoms with Gasteiger partial charge in [-0.1, -0.05) is 0 Å². The van der Waals surface area contributed by atoms with Crippen LogP contribution in [-0.4, -0.2) is 14.8 Å². The summed E-state index contributed by atoms with van der Waals surface area (Å²) in [4.78, 5) is 4.49. The van der Waals surface area contributed by atoms with Crippen LogP contribution >= 0.6 is 27.3 Å². The Balaban J connectivity index is 2.03. The van der Waals surface area contributed by atoms with Gasteiger partial charge in [-0.15, -0.1) is 11.3 Å². The summed E-state index contributed by atoms with van der Waals surface area (Å²) in [5, 5.41) is 11.1. The van der Waals surface area contributed by atoms with E-state index in [1.54, 1.807) is 11.3 Å². The van der Waals surface area contributed by atoms with Gasteiger partial charge in [-0.25, -0.2) is 4.98 Å². The average molecular weight is 329 g/mol. The number of aryl methyl sites for hydroxylation is 3. The molecule has 0 spiro atoms. The number of nitrogens with one attached hydrogen (secondary N) is 1. The first-order chi connectivity index (χ1) is 8.49. The summed E-state index contributed by atoms with van der Waals surface area (Å²) >= 11 is 5.27. The summed E-state index contributed by atoms with van der Waals surface area (Å²) < 4.78 is 2.99. The van der Waals surface area contributed by atoms with Gasteiger partial charge in [0.15, 0.2) is 0 Å². The molecule has 1 atom stereocenters. The smallest absolute Gasteiger partial charge is 0.110 e. The third kappa shape index (κ3) is 2.81. The van der Waals surface area contributed by atoms with Crippen LogP contribution in [0.3, 0.4) is 0 Å². The van der Waals surface area contributed by atoms with Crippen LogP contribution in [0.25, 0.3) is 0 Å². The van der Waals surface area contributed by atoms with Crippen LogP contribution < -0.4 is 5.32 Å². The van der Waals surface area contributed by atoms with E-state index in [4.69, 9.17) is 0 Å². The first-order valence-electron chi connectivity index (χ1n) is 5.82. The fourth-order valence-electron chi connectivity index (χ4n) is 1.78. The maximum atomic E-state index is 4.49. The second kappa shape index (κ2) is 5.50. The second-order valence-corrected chi connectivity index (χ2v) is 6.08. The summed E-state index contributed by atoms with van der Waals surface area (Å²) in [6, 6.07) is 0.255. The van der Waals surface area contributed by atoms with E-state index in [0.29, 0.717) is 0 Å². The Morgan fingerprint density at radius 2 is 2.22 bits per heavy atom. The molecule has 0 aliphatic carbocycles. The van der Waals surface area contributed by atoms with Gasteiger partial charge in [0.1, 0.15) is 5.01 Å². The molecule has 2 rings (SSSR count). The molecule has 4 nitrogen and oxygen atoms in total. The molecule has 2 aromatic heterocycles. The van der Waals surface area contributed by atoms with Crippen LogP contribution in [0.5, 0.6) is 0 Å². The van der Waals surface area contributed by atoms with Crippen molar-refractivity contribution in [3.05, 3.63) is 31.9 Å². The third-order valence-corrected chi connectivity index (χ3v) is 5.02. The van der Waals surface area contributed by atoms with Crippen molar-refractivity contribution in [2.45, 2.75) is 33.4 Å². The van der Waals surface area contributed by atoms with E-state index in [1.165, 1.54) is 0 Å². The number of aromatic nitrogens is 3. The van der Waals surface area contributed by atoms with Gasteiger partial charge in [0.05, 0.1) is 21.9 Å². The zero-order chi connectivity index (χ0) is 13.3. The average Bonchev–Trinajstić information content (AvgIpc) is 2.83. The highest BCUT2D eigenvalue weighted by molar-refractivity contribution is 9.10. The number of rotatable bonds is 4. The molecule has 0 saturated carbocycles. The number of thiazole rings is 1. The van der Waals surface area contributed by atoms with E-state index in [0.717, 1.165) is 33.1 Å². The lowest BCUT2D eigenvalue weighted by molar-refractivity contribution is 0.544. The summed E-state index contributed by atoms with van der Waals surface area (Å²) in [6.45, 7) is 6.93. The van der Waals surface area contributed by atoms with Crippen LogP contribution in [0.15, 0.2) is 9.85 Å². The Hall–Kier alpha value is -0.720. The fourth-order valence-corrected chi connectivity index (χ4v) is 3.08. The van der Waals surface area contributed by atoms with Gasteiger partial charge in [0, 0.05) is 24.7 Å². The van der Waals surface area contributed by atoms with Gasteiger partial charge >= 0.3 is 0 Å². The van der Waals surface area contributed by atoms with Gasteiger partial charge in [0.2, 0.25) is 0 Å². The molecule has 6 heteroatoms. The summed E-state index contributed by atoms with van der Waals surface area (Å²) in [5.74, 6) is 0.